The van der Waals surface area contributed by atoms with Crippen LogP contribution in [-0.2, 0) is 6.54 Å². The van der Waals surface area contributed by atoms with Crippen LogP contribution in [0.15, 0.2) is 18.2 Å². The lowest BCUT2D eigenvalue weighted by atomic mass is 9.91. The lowest BCUT2D eigenvalue weighted by Crippen LogP contribution is -2.44. The van der Waals surface area contributed by atoms with Crippen LogP contribution < -0.4 is 10.2 Å². The third-order valence-corrected chi connectivity index (χ3v) is 4.51. The first-order chi connectivity index (χ1) is 9.99. The zero-order valence-corrected chi connectivity index (χ0v) is 13.9. The molecule has 0 spiro atoms. The van der Waals surface area contributed by atoms with Crippen molar-refractivity contribution in [2.45, 2.75) is 71.2 Å². The summed E-state index contributed by atoms with van der Waals surface area (Å²) in [7, 11) is 2.13. The second kappa shape index (κ2) is 7.28. The number of likely N-dealkylation sites (N-methyl/N-ethyl adjacent to an activating group) is 1. The average Bonchev–Trinajstić information content (AvgIpc) is 2.45. The number of rotatable bonds is 5. The molecule has 2 rings (SSSR count). The van der Waals surface area contributed by atoms with Gasteiger partial charge < -0.3 is 15.3 Å². The first-order valence-electron chi connectivity index (χ1n) is 8.23. The van der Waals surface area contributed by atoms with E-state index in [-0.39, 0.29) is 12.1 Å². The third-order valence-electron chi connectivity index (χ3n) is 4.51. The SMILES string of the molecule is Cc1ccc(N(C)C2CCCCC2O)c(CNC(C)C)c1. The Bertz CT molecular complexity index is 459. The fourth-order valence-corrected chi connectivity index (χ4v) is 3.24. The second-order valence-corrected chi connectivity index (χ2v) is 6.70. The van der Waals surface area contributed by atoms with Crippen LogP contribution in [0.5, 0.6) is 0 Å². The minimum absolute atomic E-state index is 0.198. The normalized spacial score (nSPS) is 22.6. The van der Waals surface area contributed by atoms with E-state index in [9.17, 15) is 5.11 Å². The van der Waals surface area contributed by atoms with Crippen molar-refractivity contribution >= 4 is 5.69 Å². The quantitative estimate of drug-likeness (QED) is 0.874. The Balaban J connectivity index is 2.20. The molecule has 0 amide bonds. The molecule has 118 valence electrons. The maximum absolute atomic E-state index is 10.3. The molecule has 1 aliphatic carbocycles. The molecule has 1 saturated carbocycles. The van der Waals surface area contributed by atoms with Gasteiger partial charge in [0.1, 0.15) is 0 Å². The van der Waals surface area contributed by atoms with Crippen LogP contribution in [0.1, 0.15) is 50.7 Å². The monoisotopic (exact) mass is 290 g/mol. The molecule has 1 aromatic rings. The highest BCUT2D eigenvalue weighted by atomic mass is 16.3. The van der Waals surface area contributed by atoms with Crippen LogP contribution in [0.2, 0.25) is 0 Å². The van der Waals surface area contributed by atoms with Crippen LogP contribution in [0.25, 0.3) is 0 Å². The summed E-state index contributed by atoms with van der Waals surface area (Å²) >= 11 is 0. The number of nitrogens with one attached hydrogen (secondary N) is 1. The van der Waals surface area contributed by atoms with Gasteiger partial charge in [0.05, 0.1) is 12.1 Å². The Morgan fingerprint density at radius 3 is 2.67 bits per heavy atom. The fourth-order valence-electron chi connectivity index (χ4n) is 3.24. The van der Waals surface area contributed by atoms with Crippen molar-refractivity contribution in [1.82, 2.24) is 5.32 Å². The third kappa shape index (κ3) is 4.21. The zero-order valence-electron chi connectivity index (χ0n) is 13.9. The number of aryl methyl sites for hydroxylation is 1. The molecule has 3 nitrogen and oxygen atoms in total. The van der Waals surface area contributed by atoms with Crippen molar-refractivity contribution in [2.75, 3.05) is 11.9 Å². The molecule has 2 unspecified atom stereocenters. The summed E-state index contributed by atoms with van der Waals surface area (Å²) in [5, 5.41) is 13.8. The summed E-state index contributed by atoms with van der Waals surface area (Å²) in [6.07, 6.45) is 4.19. The minimum atomic E-state index is -0.198. The molecule has 0 saturated heterocycles. The smallest absolute Gasteiger partial charge is 0.0743 e. The summed E-state index contributed by atoms with van der Waals surface area (Å²) in [5.41, 5.74) is 3.86. The number of aliphatic hydroxyl groups excluding tert-OH is 1. The summed E-state index contributed by atoms with van der Waals surface area (Å²) in [6.45, 7) is 7.36. The molecule has 1 aromatic carbocycles. The van der Waals surface area contributed by atoms with Crippen LogP contribution in [0, 0.1) is 6.92 Å². The molecule has 2 atom stereocenters. The Morgan fingerprint density at radius 1 is 1.29 bits per heavy atom. The maximum Gasteiger partial charge on any atom is 0.0743 e. The van der Waals surface area contributed by atoms with E-state index in [4.69, 9.17) is 0 Å². The number of anilines is 1. The highest BCUT2D eigenvalue weighted by Gasteiger charge is 2.27. The molecule has 1 fully saturated rings. The molecule has 3 heteroatoms. The van der Waals surface area contributed by atoms with Gasteiger partial charge in [-0.15, -0.1) is 0 Å². The number of hydrogen-bond donors (Lipinski definition) is 2. The van der Waals surface area contributed by atoms with Crippen molar-refractivity contribution < 1.29 is 5.11 Å². The number of nitrogens with zero attached hydrogens (tertiary/aromatic N) is 1. The van der Waals surface area contributed by atoms with Crippen molar-refractivity contribution in [3.63, 3.8) is 0 Å². The minimum Gasteiger partial charge on any atom is -0.391 e. The Morgan fingerprint density at radius 2 is 2.00 bits per heavy atom. The highest BCUT2D eigenvalue weighted by Crippen LogP contribution is 2.29. The molecule has 0 radical (unpaired) electrons. The van der Waals surface area contributed by atoms with E-state index in [0.29, 0.717) is 6.04 Å². The van der Waals surface area contributed by atoms with E-state index in [1.165, 1.54) is 23.2 Å². The van der Waals surface area contributed by atoms with Crippen LogP contribution in [0.4, 0.5) is 5.69 Å². The van der Waals surface area contributed by atoms with E-state index in [2.05, 4.69) is 56.2 Å². The van der Waals surface area contributed by atoms with Gasteiger partial charge in [0.25, 0.3) is 0 Å². The van der Waals surface area contributed by atoms with Gasteiger partial charge in [-0.2, -0.15) is 0 Å². The largest absolute Gasteiger partial charge is 0.391 e. The molecule has 0 bridgehead atoms. The molecule has 0 heterocycles. The molecule has 21 heavy (non-hydrogen) atoms. The first kappa shape index (κ1) is 16.3. The van der Waals surface area contributed by atoms with E-state index in [1.54, 1.807) is 0 Å². The summed E-state index contributed by atoms with van der Waals surface area (Å²) in [4.78, 5) is 2.29. The Kier molecular flexibility index (Phi) is 5.65. The van der Waals surface area contributed by atoms with E-state index >= 15 is 0 Å². The van der Waals surface area contributed by atoms with Gasteiger partial charge >= 0.3 is 0 Å². The van der Waals surface area contributed by atoms with Crippen LogP contribution in [0.3, 0.4) is 0 Å². The van der Waals surface area contributed by atoms with E-state index in [1.807, 2.05) is 0 Å². The first-order valence-corrected chi connectivity index (χ1v) is 8.23. The standard InChI is InChI=1S/C18H30N2O/c1-13(2)19-12-15-11-14(3)9-10-16(15)20(4)17-7-5-6-8-18(17)21/h9-11,13,17-19,21H,5-8,12H2,1-4H3. The predicted molar refractivity (Wildman–Crippen MR) is 89.8 cm³/mol. The molecule has 1 aliphatic rings. The van der Waals surface area contributed by atoms with Gasteiger partial charge in [-0.05, 0) is 31.4 Å². The van der Waals surface area contributed by atoms with Crippen LogP contribution >= 0.6 is 0 Å². The molecular weight excluding hydrogens is 260 g/mol. The lowest BCUT2D eigenvalue weighted by molar-refractivity contribution is 0.106. The van der Waals surface area contributed by atoms with Gasteiger partial charge in [0, 0.05) is 25.3 Å². The van der Waals surface area contributed by atoms with Gasteiger partial charge in [-0.3, -0.25) is 0 Å². The summed E-state index contributed by atoms with van der Waals surface area (Å²) < 4.78 is 0. The Hall–Kier alpha value is -1.06. The van der Waals surface area contributed by atoms with Gasteiger partial charge in [0.2, 0.25) is 0 Å². The van der Waals surface area contributed by atoms with Gasteiger partial charge in [-0.25, -0.2) is 0 Å². The number of hydrogen-bond acceptors (Lipinski definition) is 3. The van der Waals surface area contributed by atoms with Crippen LogP contribution in [-0.4, -0.2) is 30.3 Å². The van der Waals surface area contributed by atoms with Crippen molar-refractivity contribution in [3.8, 4) is 0 Å². The van der Waals surface area contributed by atoms with E-state index in [0.717, 1.165) is 25.8 Å². The van der Waals surface area contributed by atoms with Crippen molar-refractivity contribution in [3.05, 3.63) is 29.3 Å². The predicted octanol–water partition coefficient (Wildman–Crippen LogP) is 3.23. The molecule has 0 aromatic heterocycles. The number of benzene rings is 1. The number of aliphatic hydroxyl groups is 1. The zero-order chi connectivity index (χ0) is 15.4. The van der Waals surface area contributed by atoms with E-state index < -0.39 is 0 Å². The molecular formula is C18H30N2O. The lowest BCUT2D eigenvalue weighted by Gasteiger charge is -2.37. The second-order valence-electron chi connectivity index (χ2n) is 6.70. The average molecular weight is 290 g/mol. The summed E-state index contributed by atoms with van der Waals surface area (Å²) in [5.74, 6) is 0. The molecule has 0 aliphatic heterocycles. The van der Waals surface area contributed by atoms with Gasteiger partial charge in [0.15, 0.2) is 0 Å². The van der Waals surface area contributed by atoms with Crippen molar-refractivity contribution in [2.24, 2.45) is 0 Å². The van der Waals surface area contributed by atoms with Gasteiger partial charge in [-0.1, -0.05) is 44.4 Å². The maximum atomic E-state index is 10.3. The highest BCUT2D eigenvalue weighted by molar-refractivity contribution is 5.55. The Labute approximate surface area is 129 Å². The summed E-state index contributed by atoms with van der Waals surface area (Å²) in [6, 6.07) is 7.35. The fraction of sp³-hybridized carbons (Fsp3) is 0.667. The molecule has 2 N–H and O–H groups in total. The topological polar surface area (TPSA) is 35.5 Å². The van der Waals surface area contributed by atoms with Crippen molar-refractivity contribution in [1.29, 1.82) is 0 Å².